The number of hydrogen-bond donors (Lipinski definition) is 1. The number of amides is 1. The summed E-state index contributed by atoms with van der Waals surface area (Å²) in [5.74, 6) is 0.742. The number of rotatable bonds is 5. The van der Waals surface area contributed by atoms with Crippen LogP contribution in [0.1, 0.15) is 27.2 Å². The average molecular weight is 385 g/mol. The zero-order valence-corrected chi connectivity index (χ0v) is 15.0. The standard InChI is InChI=1S/C16H21BrN2O4/c1-16(2,3)19(15(20)21)9-11-8-12(23-18-11)10-22-14-7-5-4-6-13(14)17/h4-7,12H,8-10H2,1-3H3,(H,20,21). The Hall–Kier alpha value is -1.76. The molecule has 0 saturated carbocycles. The molecule has 126 valence electrons. The van der Waals surface area contributed by atoms with E-state index in [1.807, 2.05) is 45.0 Å². The maximum Gasteiger partial charge on any atom is 0.408 e. The van der Waals surface area contributed by atoms with Crippen molar-refractivity contribution in [3.8, 4) is 5.75 Å². The Kier molecular flexibility index (Phi) is 5.51. The van der Waals surface area contributed by atoms with E-state index in [1.54, 1.807) is 0 Å². The number of halogens is 1. The molecule has 1 aromatic rings. The van der Waals surface area contributed by atoms with Gasteiger partial charge in [0.2, 0.25) is 0 Å². The monoisotopic (exact) mass is 384 g/mol. The lowest BCUT2D eigenvalue weighted by atomic mass is 10.1. The van der Waals surface area contributed by atoms with Crippen LogP contribution < -0.4 is 4.74 Å². The first-order valence-corrected chi connectivity index (χ1v) is 8.16. The van der Waals surface area contributed by atoms with Crippen molar-refractivity contribution in [2.45, 2.75) is 38.8 Å². The molecule has 0 bridgehead atoms. The van der Waals surface area contributed by atoms with Crippen LogP contribution in [0.3, 0.4) is 0 Å². The van der Waals surface area contributed by atoms with Crippen LogP contribution in [0.4, 0.5) is 4.79 Å². The molecule has 7 heteroatoms. The van der Waals surface area contributed by atoms with E-state index in [2.05, 4.69) is 21.1 Å². The Morgan fingerprint density at radius 3 is 2.78 bits per heavy atom. The molecule has 23 heavy (non-hydrogen) atoms. The number of carbonyl (C=O) groups is 1. The lowest BCUT2D eigenvalue weighted by Crippen LogP contribution is -2.47. The summed E-state index contributed by atoms with van der Waals surface area (Å²) in [6, 6.07) is 7.58. The smallest absolute Gasteiger partial charge is 0.408 e. The quantitative estimate of drug-likeness (QED) is 0.838. The van der Waals surface area contributed by atoms with Gasteiger partial charge in [-0.1, -0.05) is 17.3 Å². The molecule has 0 spiro atoms. The van der Waals surface area contributed by atoms with Gasteiger partial charge in [-0.2, -0.15) is 0 Å². The summed E-state index contributed by atoms with van der Waals surface area (Å²) in [7, 11) is 0. The SMILES string of the molecule is CC(C)(C)N(CC1=NOC(COc2ccccc2Br)C1)C(=O)O. The molecule has 1 aromatic carbocycles. The highest BCUT2D eigenvalue weighted by Gasteiger charge is 2.30. The van der Waals surface area contributed by atoms with E-state index >= 15 is 0 Å². The molecule has 1 amide bonds. The predicted molar refractivity (Wildman–Crippen MR) is 91.0 cm³/mol. The van der Waals surface area contributed by atoms with Gasteiger partial charge in [0.05, 0.1) is 16.7 Å². The van der Waals surface area contributed by atoms with E-state index in [-0.39, 0.29) is 12.6 Å². The summed E-state index contributed by atoms with van der Waals surface area (Å²) in [4.78, 5) is 18.1. The highest BCUT2D eigenvalue weighted by atomic mass is 79.9. The van der Waals surface area contributed by atoms with Crippen LogP contribution in [0.25, 0.3) is 0 Å². The van der Waals surface area contributed by atoms with Crippen molar-refractivity contribution >= 4 is 27.7 Å². The Labute approximate surface area is 144 Å². The minimum atomic E-state index is -0.965. The largest absolute Gasteiger partial charge is 0.488 e. The fourth-order valence-corrected chi connectivity index (χ4v) is 2.59. The van der Waals surface area contributed by atoms with Gasteiger partial charge in [0.25, 0.3) is 0 Å². The highest BCUT2D eigenvalue weighted by Crippen LogP contribution is 2.25. The number of nitrogens with zero attached hydrogens (tertiary/aromatic N) is 2. The van der Waals surface area contributed by atoms with Gasteiger partial charge in [-0.25, -0.2) is 4.79 Å². The van der Waals surface area contributed by atoms with Crippen molar-refractivity contribution in [3.05, 3.63) is 28.7 Å². The molecule has 0 aromatic heterocycles. The van der Waals surface area contributed by atoms with Gasteiger partial charge in [-0.15, -0.1) is 0 Å². The van der Waals surface area contributed by atoms with Gasteiger partial charge in [0, 0.05) is 12.0 Å². The second-order valence-corrected chi connectivity index (χ2v) is 7.22. The molecule has 2 rings (SSSR count). The summed E-state index contributed by atoms with van der Waals surface area (Å²) in [6.07, 6.45) is -0.606. The number of oxime groups is 1. The van der Waals surface area contributed by atoms with Crippen LogP contribution in [0.5, 0.6) is 5.75 Å². The molecule has 6 nitrogen and oxygen atoms in total. The van der Waals surface area contributed by atoms with E-state index in [0.29, 0.717) is 18.7 Å². The lowest BCUT2D eigenvalue weighted by Gasteiger charge is -2.32. The molecular formula is C16H21BrN2O4. The first-order valence-electron chi connectivity index (χ1n) is 7.37. The van der Waals surface area contributed by atoms with Crippen molar-refractivity contribution in [1.82, 2.24) is 4.90 Å². The number of benzene rings is 1. The highest BCUT2D eigenvalue weighted by molar-refractivity contribution is 9.10. The van der Waals surface area contributed by atoms with E-state index in [1.165, 1.54) is 4.90 Å². The van der Waals surface area contributed by atoms with Crippen molar-refractivity contribution in [1.29, 1.82) is 0 Å². The molecule has 0 saturated heterocycles. The van der Waals surface area contributed by atoms with Crippen molar-refractivity contribution < 1.29 is 19.5 Å². The summed E-state index contributed by atoms with van der Waals surface area (Å²) in [6.45, 7) is 6.16. The van der Waals surface area contributed by atoms with Crippen molar-refractivity contribution in [3.63, 3.8) is 0 Å². The fraction of sp³-hybridized carbons (Fsp3) is 0.500. The number of ether oxygens (including phenoxy) is 1. The normalized spacial score (nSPS) is 17.4. The Balaban J connectivity index is 1.86. The topological polar surface area (TPSA) is 71.4 Å². The molecular weight excluding hydrogens is 364 g/mol. The van der Waals surface area contributed by atoms with Gasteiger partial charge in [-0.3, -0.25) is 4.90 Å². The van der Waals surface area contributed by atoms with Crippen LogP contribution >= 0.6 is 15.9 Å². The predicted octanol–water partition coefficient (Wildman–Crippen LogP) is 3.75. The first kappa shape index (κ1) is 17.6. The van der Waals surface area contributed by atoms with E-state index in [9.17, 15) is 9.90 Å². The summed E-state index contributed by atoms with van der Waals surface area (Å²) >= 11 is 3.42. The third kappa shape index (κ3) is 4.86. The fourth-order valence-electron chi connectivity index (χ4n) is 2.19. The van der Waals surface area contributed by atoms with Crippen LogP contribution in [0.15, 0.2) is 33.9 Å². The molecule has 1 aliphatic rings. The molecule has 1 aliphatic heterocycles. The van der Waals surface area contributed by atoms with E-state index in [0.717, 1.165) is 10.2 Å². The molecule has 1 N–H and O–H groups in total. The van der Waals surface area contributed by atoms with Gasteiger partial charge in [-0.05, 0) is 48.8 Å². The number of para-hydroxylation sites is 1. The number of hydrogen-bond acceptors (Lipinski definition) is 4. The molecule has 0 fully saturated rings. The van der Waals surface area contributed by atoms with Gasteiger partial charge in [0.15, 0.2) is 6.10 Å². The Morgan fingerprint density at radius 2 is 2.17 bits per heavy atom. The maximum atomic E-state index is 11.4. The molecule has 1 unspecified atom stereocenters. The summed E-state index contributed by atoms with van der Waals surface area (Å²) in [5.41, 5.74) is 0.223. The third-order valence-electron chi connectivity index (χ3n) is 3.44. The zero-order chi connectivity index (χ0) is 17.0. The van der Waals surface area contributed by atoms with Crippen LogP contribution in [-0.4, -0.2) is 46.6 Å². The summed E-state index contributed by atoms with van der Waals surface area (Å²) < 4.78 is 6.59. The Bertz CT molecular complexity index is 598. The van der Waals surface area contributed by atoms with E-state index in [4.69, 9.17) is 9.57 Å². The van der Waals surface area contributed by atoms with Crippen LogP contribution in [0.2, 0.25) is 0 Å². The minimum absolute atomic E-state index is 0.201. The summed E-state index contributed by atoms with van der Waals surface area (Å²) in [5, 5.41) is 13.3. The van der Waals surface area contributed by atoms with Crippen molar-refractivity contribution in [2.24, 2.45) is 5.16 Å². The molecule has 1 atom stereocenters. The molecule has 1 heterocycles. The van der Waals surface area contributed by atoms with E-state index < -0.39 is 11.6 Å². The van der Waals surface area contributed by atoms with Crippen molar-refractivity contribution in [2.75, 3.05) is 13.2 Å². The third-order valence-corrected chi connectivity index (χ3v) is 4.09. The second-order valence-electron chi connectivity index (χ2n) is 6.37. The van der Waals surface area contributed by atoms with Gasteiger partial charge < -0.3 is 14.7 Å². The van der Waals surface area contributed by atoms with Gasteiger partial charge >= 0.3 is 6.09 Å². The maximum absolute atomic E-state index is 11.4. The van der Waals surface area contributed by atoms with Crippen LogP contribution in [0, 0.1) is 0 Å². The minimum Gasteiger partial charge on any atom is -0.488 e. The van der Waals surface area contributed by atoms with Gasteiger partial charge in [0.1, 0.15) is 12.4 Å². The zero-order valence-electron chi connectivity index (χ0n) is 13.5. The van der Waals surface area contributed by atoms with Crippen LogP contribution in [-0.2, 0) is 4.84 Å². The molecule has 0 aliphatic carbocycles. The second kappa shape index (κ2) is 7.21. The number of carboxylic acid groups (broad SMARTS) is 1. The first-order chi connectivity index (χ1) is 10.8. The lowest BCUT2D eigenvalue weighted by molar-refractivity contribution is 0.0468. The Morgan fingerprint density at radius 1 is 1.48 bits per heavy atom. The molecule has 0 radical (unpaired) electrons. The average Bonchev–Trinajstić information content (AvgIpc) is 2.90.